The predicted molar refractivity (Wildman–Crippen MR) is 69.6 cm³/mol. The van der Waals surface area contributed by atoms with E-state index >= 15 is 0 Å². The second-order valence-corrected chi connectivity index (χ2v) is 5.60. The highest BCUT2D eigenvalue weighted by atomic mass is 79.9. The van der Waals surface area contributed by atoms with Crippen molar-refractivity contribution in [3.05, 3.63) is 27.7 Å². The standard InChI is InChI=1S/C12H14BrClO3/c1-12(2)16-7-9(17-12)6-15-8-3-4-10(13)11(14)5-8/h3-5,9H,6-7H2,1-2H3. The summed E-state index contributed by atoms with van der Waals surface area (Å²) in [6, 6.07) is 5.48. The zero-order valence-corrected chi connectivity index (χ0v) is 12.0. The van der Waals surface area contributed by atoms with E-state index < -0.39 is 5.79 Å². The smallest absolute Gasteiger partial charge is 0.163 e. The van der Waals surface area contributed by atoms with Crippen LogP contribution in [-0.2, 0) is 9.47 Å². The third-order valence-corrected chi connectivity index (χ3v) is 3.63. The van der Waals surface area contributed by atoms with E-state index in [4.69, 9.17) is 25.8 Å². The molecular weight excluding hydrogens is 307 g/mol. The molecule has 1 aromatic carbocycles. The topological polar surface area (TPSA) is 27.7 Å². The third kappa shape index (κ3) is 3.58. The fraction of sp³-hybridized carbons (Fsp3) is 0.500. The van der Waals surface area contributed by atoms with Crippen LogP contribution < -0.4 is 4.74 Å². The minimum Gasteiger partial charge on any atom is -0.491 e. The number of rotatable bonds is 3. The van der Waals surface area contributed by atoms with E-state index in [1.165, 1.54) is 0 Å². The Morgan fingerprint density at radius 2 is 2.29 bits per heavy atom. The van der Waals surface area contributed by atoms with Crippen molar-refractivity contribution in [3.63, 3.8) is 0 Å². The minimum atomic E-state index is -0.509. The van der Waals surface area contributed by atoms with Crippen LogP contribution in [0, 0.1) is 0 Å². The molecule has 1 atom stereocenters. The van der Waals surface area contributed by atoms with Gasteiger partial charge >= 0.3 is 0 Å². The normalized spacial score (nSPS) is 22.7. The quantitative estimate of drug-likeness (QED) is 0.851. The van der Waals surface area contributed by atoms with Crippen LogP contribution >= 0.6 is 27.5 Å². The molecule has 1 unspecified atom stereocenters. The van der Waals surface area contributed by atoms with Gasteiger partial charge in [0, 0.05) is 4.47 Å². The summed E-state index contributed by atoms with van der Waals surface area (Å²) in [5.41, 5.74) is 0. The van der Waals surface area contributed by atoms with Crippen molar-refractivity contribution in [2.45, 2.75) is 25.7 Å². The van der Waals surface area contributed by atoms with E-state index in [0.29, 0.717) is 18.2 Å². The molecule has 2 rings (SSSR count). The Bertz CT molecular complexity index is 409. The Morgan fingerprint density at radius 1 is 1.53 bits per heavy atom. The van der Waals surface area contributed by atoms with Crippen molar-refractivity contribution >= 4 is 27.5 Å². The largest absolute Gasteiger partial charge is 0.491 e. The minimum absolute atomic E-state index is 0.0348. The van der Waals surface area contributed by atoms with Gasteiger partial charge in [-0.3, -0.25) is 0 Å². The molecule has 3 nitrogen and oxygen atoms in total. The molecule has 0 aliphatic carbocycles. The fourth-order valence-corrected chi connectivity index (χ4v) is 2.02. The molecule has 0 saturated carbocycles. The maximum atomic E-state index is 5.97. The zero-order valence-electron chi connectivity index (χ0n) is 9.70. The van der Waals surface area contributed by atoms with Gasteiger partial charge in [-0.1, -0.05) is 11.6 Å². The molecule has 17 heavy (non-hydrogen) atoms. The molecule has 1 aliphatic heterocycles. The van der Waals surface area contributed by atoms with E-state index in [0.717, 1.165) is 10.2 Å². The van der Waals surface area contributed by atoms with Gasteiger partial charge < -0.3 is 14.2 Å². The highest BCUT2D eigenvalue weighted by Gasteiger charge is 2.32. The number of hydrogen-bond acceptors (Lipinski definition) is 3. The molecule has 0 spiro atoms. The molecule has 0 bridgehead atoms. The van der Waals surface area contributed by atoms with Crippen molar-refractivity contribution in [1.82, 2.24) is 0 Å². The van der Waals surface area contributed by atoms with E-state index in [2.05, 4.69) is 15.9 Å². The lowest BCUT2D eigenvalue weighted by Gasteiger charge is -2.17. The lowest BCUT2D eigenvalue weighted by molar-refractivity contribution is -0.141. The molecule has 1 aliphatic rings. The van der Waals surface area contributed by atoms with Gasteiger partial charge in [0.25, 0.3) is 0 Å². The molecule has 0 radical (unpaired) electrons. The highest BCUT2D eigenvalue weighted by molar-refractivity contribution is 9.10. The summed E-state index contributed by atoms with van der Waals surface area (Å²) in [5.74, 6) is 0.220. The van der Waals surface area contributed by atoms with Crippen LogP contribution in [0.1, 0.15) is 13.8 Å². The van der Waals surface area contributed by atoms with E-state index in [9.17, 15) is 0 Å². The van der Waals surface area contributed by atoms with E-state index in [1.807, 2.05) is 26.0 Å². The van der Waals surface area contributed by atoms with E-state index in [-0.39, 0.29) is 6.10 Å². The van der Waals surface area contributed by atoms with Gasteiger partial charge in [0.1, 0.15) is 18.5 Å². The lowest BCUT2D eigenvalue weighted by Crippen LogP contribution is -2.25. The van der Waals surface area contributed by atoms with Gasteiger partial charge in [0.05, 0.1) is 11.6 Å². The second-order valence-electron chi connectivity index (χ2n) is 4.34. The molecule has 0 N–H and O–H groups in total. The van der Waals surface area contributed by atoms with Crippen molar-refractivity contribution in [2.75, 3.05) is 13.2 Å². The van der Waals surface area contributed by atoms with E-state index in [1.54, 1.807) is 6.07 Å². The van der Waals surface area contributed by atoms with Gasteiger partial charge in [0.2, 0.25) is 0 Å². The van der Waals surface area contributed by atoms with Crippen LogP contribution in [0.3, 0.4) is 0 Å². The number of ether oxygens (including phenoxy) is 3. The van der Waals surface area contributed by atoms with Gasteiger partial charge in [-0.25, -0.2) is 0 Å². The Hall–Kier alpha value is -0.290. The molecule has 0 amide bonds. The zero-order chi connectivity index (χ0) is 12.5. The molecule has 0 aromatic heterocycles. The number of hydrogen-bond donors (Lipinski definition) is 0. The molecule has 1 heterocycles. The fourth-order valence-electron chi connectivity index (χ4n) is 1.60. The maximum Gasteiger partial charge on any atom is 0.163 e. The summed E-state index contributed by atoms with van der Waals surface area (Å²) in [6.07, 6.45) is -0.0348. The first-order valence-electron chi connectivity index (χ1n) is 5.36. The monoisotopic (exact) mass is 320 g/mol. The maximum absolute atomic E-state index is 5.97. The Morgan fingerprint density at radius 3 is 2.88 bits per heavy atom. The predicted octanol–water partition coefficient (Wildman–Crippen LogP) is 3.63. The summed E-state index contributed by atoms with van der Waals surface area (Å²) < 4.78 is 17.5. The Labute approximate surface area is 114 Å². The molecule has 1 saturated heterocycles. The molecule has 94 valence electrons. The van der Waals surface area contributed by atoms with Gasteiger partial charge in [-0.15, -0.1) is 0 Å². The highest BCUT2D eigenvalue weighted by Crippen LogP contribution is 2.28. The van der Waals surface area contributed by atoms with Crippen LogP contribution in [0.2, 0.25) is 5.02 Å². The molecular formula is C12H14BrClO3. The van der Waals surface area contributed by atoms with Gasteiger partial charge in [0.15, 0.2) is 5.79 Å². The summed E-state index contributed by atoms with van der Waals surface area (Å²) in [7, 11) is 0. The van der Waals surface area contributed by atoms with Crippen molar-refractivity contribution in [2.24, 2.45) is 0 Å². The Kier molecular flexibility index (Phi) is 3.98. The first kappa shape index (κ1) is 13.1. The first-order valence-corrected chi connectivity index (χ1v) is 6.53. The first-order chi connectivity index (χ1) is 7.96. The van der Waals surface area contributed by atoms with Crippen LogP contribution in [-0.4, -0.2) is 25.1 Å². The molecule has 1 aromatic rings. The summed E-state index contributed by atoms with van der Waals surface area (Å²) in [4.78, 5) is 0. The Balaban J connectivity index is 1.88. The van der Waals surface area contributed by atoms with Gasteiger partial charge in [-0.05, 0) is 48.0 Å². The lowest BCUT2D eigenvalue weighted by atomic mass is 10.3. The average Bonchev–Trinajstić information content (AvgIpc) is 2.60. The van der Waals surface area contributed by atoms with Crippen molar-refractivity contribution < 1.29 is 14.2 Å². The van der Waals surface area contributed by atoms with Crippen LogP contribution in [0.15, 0.2) is 22.7 Å². The molecule has 1 fully saturated rings. The van der Waals surface area contributed by atoms with Crippen LogP contribution in [0.25, 0.3) is 0 Å². The van der Waals surface area contributed by atoms with Crippen molar-refractivity contribution in [3.8, 4) is 5.75 Å². The average molecular weight is 322 g/mol. The third-order valence-electron chi connectivity index (χ3n) is 2.39. The molecule has 5 heteroatoms. The van der Waals surface area contributed by atoms with Crippen molar-refractivity contribution in [1.29, 1.82) is 0 Å². The van der Waals surface area contributed by atoms with Crippen LogP contribution in [0.5, 0.6) is 5.75 Å². The van der Waals surface area contributed by atoms with Crippen LogP contribution in [0.4, 0.5) is 0 Å². The number of halogens is 2. The second kappa shape index (κ2) is 5.14. The number of benzene rings is 1. The summed E-state index contributed by atoms with van der Waals surface area (Å²) >= 11 is 9.30. The summed E-state index contributed by atoms with van der Waals surface area (Å²) in [6.45, 7) is 4.80. The summed E-state index contributed by atoms with van der Waals surface area (Å²) in [5, 5.41) is 0.631. The van der Waals surface area contributed by atoms with Gasteiger partial charge in [-0.2, -0.15) is 0 Å². The SMILES string of the molecule is CC1(C)OCC(COc2ccc(Br)c(Cl)c2)O1.